The molecule has 0 bridgehead atoms. The molecule has 0 radical (unpaired) electrons. The second-order valence-corrected chi connectivity index (χ2v) is 7.71. The number of carbonyl (C=O) groups is 3. The van der Waals surface area contributed by atoms with E-state index in [4.69, 9.17) is 9.47 Å². The third-order valence-electron chi connectivity index (χ3n) is 5.05. The molecule has 2 aliphatic rings. The van der Waals surface area contributed by atoms with Gasteiger partial charge in [-0.15, -0.1) is 0 Å². The van der Waals surface area contributed by atoms with Crippen LogP contribution in [0, 0.1) is 11.8 Å². The lowest BCUT2D eigenvalue weighted by atomic mass is 9.80. The minimum Gasteiger partial charge on any atom is -0.468 e. The van der Waals surface area contributed by atoms with E-state index >= 15 is 0 Å². The van der Waals surface area contributed by atoms with Crippen molar-refractivity contribution in [1.29, 1.82) is 0 Å². The Kier molecular flexibility index (Phi) is 6.42. The average Bonchev–Trinajstić information content (AvgIpc) is 2.59. The molecule has 0 spiro atoms. The molecule has 148 valence electrons. The quantitative estimate of drug-likeness (QED) is 0.543. The Morgan fingerprint density at radius 1 is 1.26 bits per heavy atom. The first-order valence-electron chi connectivity index (χ1n) is 9.38. The number of aliphatic hydroxyl groups is 1. The molecule has 1 heterocycles. The zero-order chi connectivity index (χ0) is 20.4. The second-order valence-electron chi connectivity index (χ2n) is 7.71. The van der Waals surface area contributed by atoms with E-state index in [-0.39, 0.29) is 12.0 Å². The molecule has 6 heteroatoms. The van der Waals surface area contributed by atoms with Gasteiger partial charge in [-0.25, -0.2) is 0 Å². The molecule has 0 aromatic heterocycles. The Hall–Kier alpha value is -2.21. The minimum absolute atomic E-state index is 0.189. The molecule has 0 aromatic carbocycles. The summed E-state index contributed by atoms with van der Waals surface area (Å²) in [6.07, 6.45) is 5.33. The summed E-state index contributed by atoms with van der Waals surface area (Å²) in [5.41, 5.74) is -1.28. The van der Waals surface area contributed by atoms with Gasteiger partial charge < -0.3 is 14.6 Å². The summed E-state index contributed by atoms with van der Waals surface area (Å²) < 4.78 is 10.8. The molecule has 1 N–H and O–H groups in total. The molecular formula is C21H28O6. The number of aliphatic hydroxyl groups excluding tert-OH is 1. The van der Waals surface area contributed by atoms with E-state index in [2.05, 4.69) is 0 Å². The van der Waals surface area contributed by atoms with Gasteiger partial charge in [-0.05, 0) is 43.9 Å². The van der Waals surface area contributed by atoms with E-state index in [1.54, 1.807) is 19.9 Å². The molecule has 0 fully saturated rings. The summed E-state index contributed by atoms with van der Waals surface area (Å²) in [6.45, 7) is 8.77. The number of ketones is 2. The largest absolute Gasteiger partial charge is 0.468 e. The summed E-state index contributed by atoms with van der Waals surface area (Å²) >= 11 is 0. The molecule has 0 saturated carbocycles. The van der Waals surface area contributed by atoms with Gasteiger partial charge in [-0.1, -0.05) is 27.2 Å². The highest BCUT2D eigenvalue weighted by molar-refractivity contribution is 6.26. The number of allylic oxidation sites excluding steroid dienone is 2. The van der Waals surface area contributed by atoms with Crippen molar-refractivity contribution in [2.45, 2.75) is 65.6 Å². The van der Waals surface area contributed by atoms with Crippen LogP contribution >= 0.6 is 0 Å². The normalized spacial score (nSPS) is 25.3. The zero-order valence-electron chi connectivity index (χ0n) is 16.6. The summed E-state index contributed by atoms with van der Waals surface area (Å²) in [6, 6.07) is 0. The molecule has 6 nitrogen and oxygen atoms in total. The fraction of sp³-hybridized carbons (Fsp3) is 0.571. The number of ether oxygens (including phenoxy) is 2. The Bertz CT molecular complexity index is 727. The van der Waals surface area contributed by atoms with Crippen molar-refractivity contribution < 1.29 is 29.0 Å². The fourth-order valence-corrected chi connectivity index (χ4v) is 3.10. The van der Waals surface area contributed by atoms with Crippen molar-refractivity contribution in [3.05, 3.63) is 35.3 Å². The van der Waals surface area contributed by atoms with Gasteiger partial charge in [0.1, 0.15) is 12.0 Å². The lowest BCUT2D eigenvalue weighted by molar-refractivity contribution is -0.172. The van der Waals surface area contributed by atoms with Crippen LogP contribution in [0.4, 0.5) is 0 Å². The van der Waals surface area contributed by atoms with Gasteiger partial charge in [0, 0.05) is 6.42 Å². The summed E-state index contributed by atoms with van der Waals surface area (Å²) in [5, 5.41) is 9.47. The van der Waals surface area contributed by atoms with Crippen LogP contribution in [0.25, 0.3) is 0 Å². The first-order chi connectivity index (χ1) is 12.6. The second kappa shape index (κ2) is 8.21. The number of esters is 1. The molecule has 0 amide bonds. The van der Waals surface area contributed by atoms with Gasteiger partial charge in [-0.2, -0.15) is 0 Å². The predicted molar refractivity (Wildman–Crippen MR) is 99.4 cm³/mol. The summed E-state index contributed by atoms with van der Waals surface area (Å²) in [7, 11) is 0. The predicted octanol–water partition coefficient (Wildman–Crippen LogP) is 3.01. The highest BCUT2D eigenvalue weighted by Crippen LogP contribution is 2.34. The van der Waals surface area contributed by atoms with E-state index in [1.807, 2.05) is 13.8 Å². The van der Waals surface area contributed by atoms with E-state index < -0.39 is 35.2 Å². The van der Waals surface area contributed by atoms with E-state index in [0.29, 0.717) is 23.7 Å². The third kappa shape index (κ3) is 4.56. The van der Waals surface area contributed by atoms with Crippen LogP contribution in [-0.4, -0.2) is 34.3 Å². The summed E-state index contributed by atoms with van der Waals surface area (Å²) in [4.78, 5) is 38.0. The number of Topliss-reactive ketones (excluding diaryl/α,β-unsaturated/α-hetero) is 1. The molecule has 1 aliphatic heterocycles. The Morgan fingerprint density at radius 2 is 1.93 bits per heavy atom. The van der Waals surface area contributed by atoms with E-state index in [0.717, 1.165) is 6.42 Å². The average molecular weight is 376 g/mol. The van der Waals surface area contributed by atoms with Crippen LogP contribution in [0.3, 0.4) is 0 Å². The van der Waals surface area contributed by atoms with Gasteiger partial charge in [0.05, 0.1) is 17.6 Å². The number of hydrogen-bond acceptors (Lipinski definition) is 6. The number of fused-ring (bicyclic) bond motifs is 1. The maximum atomic E-state index is 12.9. The molecular weight excluding hydrogens is 348 g/mol. The summed E-state index contributed by atoms with van der Waals surface area (Å²) in [5.74, 6) is -1.32. The van der Waals surface area contributed by atoms with Gasteiger partial charge in [0.25, 0.3) is 0 Å². The van der Waals surface area contributed by atoms with Crippen LogP contribution in [0.5, 0.6) is 0 Å². The van der Waals surface area contributed by atoms with Crippen molar-refractivity contribution in [2.75, 3.05) is 0 Å². The number of rotatable bonds is 7. The van der Waals surface area contributed by atoms with E-state index in [9.17, 15) is 19.5 Å². The lowest BCUT2D eigenvalue weighted by Crippen LogP contribution is -2.51. The smallest absolute Gasteiger partial charge is 0.310 e. The van der Waals surface area contributed by atoms with E-state index in [1.165, 1.54) is 19.3 Å². The first-order valence-corrected chi connectivity index (χ1v) is 9.38. The van der Waals surface area contributed by atoms with Crippen LogP contribution in [0.1, 0.15) is 53.9 Å². The van der Waals surface area contributed by atoms with Crippen molar-refractivity contribution in [3.63, 3.8) is 0 Å². The molecule has 27 heavy (non-hydrogen) atoms. The van der Waals surface area contributed by atoms with Crippen LogP contribution in [0.15, 0.2) is 35.3 Å². The van der Waals surface area contributed by atoms with Gasteiger partial charge in [0.2, 0.25) is 17.2 Å². The molecule has 4 unspecified atom stereocenters. The maximum absolute atomic E-state index is 12.9. The van der Waals surface area contributed by atoms with Crippen molar-refractivity contribution in [1.82, 2.24) is 0 Å². The zero-order valence-corrected chi connectivity index (χ0v) is 16.6. The molecule has 4 atom stereocenters. The standard InChI is InChI=1S/C21H28O6/c1-6-12(2)7-13(3)20(25)27-21(5)18(23)10-15-9-16(8-14(4)22)26-11-17(15)19(21)24/h9-14,22H,6-8H2,1-5H3. The van der Waals surface area contributed by atoms with Crippen LogP contribution in [-0.2, 0) is 23.9 Å². The van der Waals surface area contributed by atoms with Crippen molar-refractivity contribution >= 4 is 17.5 Å². The first kappa shape index (κ1) is 21.1. The van der Waals surface area contributed by atoms with Crippen molar-refractivity contribution in [2.24, 2.45) is 11.8 Å². The number of carbonyl (C=O) groups excluding carboxylic acids is 3. The van der Waals surface area contributed by atoms with Gasteiger partial charge in [-0.3, -0.25) is 14.4 Å². The fourth-order valence-electron chi connectivity index (χ4n) is 3.10. The minimum atomic E-state index is -1.88. The highest BCUT2D eigenvalue weighted by atomic mass is 16.6. The third-order valence-corrected chi connectivity index (χ3v) is 5.05. The maximum Gasteiger partial charge on any atom is 0.310 e. The molecule has 2 rings (SSSR count). The molecule has 0 saturated heterocycles. The molecule has 1 aliphatic carbocycles. The topological polar surface area (TPSA) is 89.9 Å². The Balaban J connectivity index is 2.21. The highest BCUT2D eigenvalue weighted by Gasteiger charge is 2.49. The van der Waals surface area contributed by atoms with Gasteiger partial charge in [0.15, 0.2) is 0 Å². The van der Waals surface area contributed by atoms with Crippen molar-refractivity contribution in [3.8, 4) is 0 Å². The number of hydrogen-bond donors (Lipinski definition) is 1. The van der Waals surface area contributed by atoms with Crippen LogP contribution < -0.4 is 0 Å². The lowest BCUT2D eigenvalue weighted by Gasteiger charge is -2.32. The molecule has 0 aromatic rings. The Labute approximate surface area is 159 Å². The van der Waals surface area contributed by atoms with Gasteiger partial charge >= 0.3 is 5.97 Å². The monoisotopic (exact) mass is 376 g/mol. The Morgan fingerprint density at radius 3 is 2.52 bits per heavy atom. The SMILES string of the molecule is CCC(C)CC(C)C(=O)OC1(C)C(=O)C=C2C=C(CC(C)O)OC=C2C1=O. The van der Waals surface area contributed by atoms with Crippen LogP contribution in [0.2, 0.25) is 0 Å².